The number of aliphatic hydroxyl groups is 1. The van der Waals surface area contributed by atoms with Gasteiger partial charge in [0.25, 0.3) is 0 Å². The Morgan fingerprint density at radius 2 is 1.89 bits per heavy atom. The van der Waals surface area contributed by atoms with E-state index in [1.165, 1.54) is 4.90 Å². The van der Waals surface area contributed by atoms with Gasteiger partial charge in [-0.2, -0.15) is 13.2 Å². The van der Waals surface area contributed by atoms with E-state index in [2.05, 4.69) is 0 Å². The van der Waals surface area contributed by atoms with Crippen LogP contribution in [0, 0.1) is 0 Å². The van der Waals surface area contributed by atoms with Crippen molar-refractivity contribution in [3.05, 3.63) is 34.9 Å². The molecule has 0 radical (unpaired) electrons. The van der Waals surface area contributed by atoms with Gasteiger partial charge in [-0.1, -0.05) is 29.8 Å². The van der Waals surface area contributed by atoms with Gasteiger partial charge in [-0.05, 0) is 18.1 Å². The van der Waals surface area contributed by atoms with Crippen LogP contribution in [0.15, 0.2) is 24.3 Å². The maximum absolute atomic E-state index is 12.4. The number of nitrogens with zero attached hydrogens (tertiary/aromatic N) is 1. The van der Waals surface area contributed by atoms with Gasteiger partial charge in [-0.25, -0.2) is 0 Å². The number of benzene rings is 1. The molecular weight excluding hydrogens is 267 g/mol. The van der Waals surface area contributed by atoms with Crippen LogP contribution in [0.1, 0.15) is 12.0 Å². The third kappa shape index (κ3) is 5.71. The van der Waals surface area contributed by atoms with Gasteiger partial charge in [-0.3, -0.25) is 4.90 Å². The predicted molar refractivity (Wildman–Crippen MR) is 64.5 cm³/mol. The lowest BCUT2D eigenvalue weighted by molar-refractivity contribution is -0.147. The predicted octanol–water partition coefficient (Wildman–Crippen LogP) is 3.09. The third-order valence-electron chi connectivity index (χ3n) is 2.39. The van der Waals surface area contributed by atoms with Crippen LogP contribution in [0.5, 0.6) is 0 Å². The Labute approximate surface area is 109 Å². The van der Waals surface area contributed by atoms with Gasteiger partial charge in [0.1, 0.15) is 0 Å². The molecule has 0 aliphatic heterocycles. The molecule has 0 heterocycles. The summed E-state index contributed by atoms with van der Waals surface area (Å²) in [5.41, 5.74) is 0.654. The minimum Gasteiger partial charge on any atom is -0.396 e. The van der Waals surface area contributed by atoms with Crippen molar-refractivity contribution >= 4 is 11.6 Å². The SMILES string of the molecule is OCCCN(Cc1ccccc1Cl)CC(F)(F)F. The number of hydrogen-bond acceptors (Lipinski definition) is 2. The largest absolute Gasteiger partial charge is 0.401 e. The zero-order chi connectivity index (χ0) is 13.6. The van der Waals surface area contributed by atoms with Crippen LogP contribution in [-0.4, -0.2) is 35.9 Å². The van der Waals surface area contributed by atoms with Crippen molar-refractivity contribution in [1.29, 1.82) is 0 Å². The molecule has 0 aliphatic carbocycles. The van der Waals surface area contributed by atoms with E-state index in [0.717, 1.165) is 0 Å². The van der Waals surface area contributed by atoms with E-state index in [-0.39, 0.29) is 19.7 Å². The molecule has 0 saturated carbocycles. The van der Waals surface area contributed by atoms with Crippen molar-refractivity contribution in [3.63, 3.8) is 0 Å². The van der Waals surface area contributed by atoms with Crippen LogP contribution in [0.4, 0.5) is 13.2 Å². The Morgan fingerprint density at radius 3 is 2.44 bits per heavy atom. The summed E-state index contributed by atoms with van der Waals surface area (Å²) in [5, 5.41) is 9.15. The summed E-state index contributed by atoms with van der Waals surface area (Å²) >= 11 is 5.92. The first-order valence-corrected chi connectivity index (χ1v) is 5.93. The quantitative estimate of drug-likeness (QED) is 0.866. The molecule has 1 N–H and O–H groups in total. The first-order chi connectivity index (χ1) is 8.42. The average molecular weight is 282 g/mol. The van der Waals surface area contributed by atoms with E-state index < -0.39 is 12.7 Å². The zero-order valence-electron chi connectivity index (χ0n) is 9.75. The Morgan fingerprint density at radius 1 is 1.22 bits per heavy atom. The maximum atomic E-state index is 12.4. The Balaban J connectivity index is 2.69. The molecule has 0 atom stereocenters. The van der Waals surface area contributed by atoms with Gasteiger partial charge >= 0.3 is 6.18 Å². The maximum Gasteiger partial charge on any atom is 0.401 e. The van der Waals surface area contributed by atoms with E-state index in [0.29, 0.717) is 17.0 Å². The Kier molecular flexibility index (Phi) is 5.91. The van der Waals surface area contributed by atoms with Gasteiger partial charge in [0.15, 0.2) is 0 Å². The summed E-state index contributed by atoms with van der Waals surface area (Å²) in [6.07, 6.45) is -3.95. The molecule has 0 aliphatic rings. The molecule has 0 saturated heterocycles. The van der Waals surface area contributed by atoms with Crippen molar-refractivity contribution < 1.29 is 18.3 Å². The van der Waals surface area contributed by atoms with Crippen molar-refractivity contribution in [3.8, 4) is 0 Å². The minimum atomic E-state index is -4.25. The highest BCUT2D eigenvalue weighted by Gasteiger charge is 2.30. The Hall–Kier alpha value is -0.780. The second-order valence-corrected chi connectivity index (χ2v) is 4.40. The molecule has 0 amide bonds. The monoisotopic (exact) mass is 281 g/mol. The summed E-state index contributed by atoms with van der Waals surface area (Å²) in [6.45, 7) is -0.824. The molecule has 0 bridgehead atoms. The number of rotatable bonds is 6. The van der Waals surface area contributed by atoms with Gasteiger partial charge in [0.2, 0.25) is 0 Å². The number of hydrogen-bond donors (Lipinski definition) is 1. The normalized spacial score (nSPS) is 12.1. The zero-order valence-corrected chi connectivity index (χ0v) is 10.5. The van der Waals surface area contributed by atoms with E-state index in [4.69, 9.17) is 16.7 Å². The van der Waals surface area contributed by atoms with Crippen molar-refractivity contribution in [2.24, 2.45) is 0 Å². The molecular formula is C12H15ClF3NO. The number of alkyl halides is 3. The second-order valence-electron chi connectivity index (χ2n) is 3.99. The lowest BCUT2D eigenvalue weighted by Crippen LogP contribution is -2.35. The van der Waals surface area contributed by atoms with Crippen LogP contribution in [0.25, 0.3) is 0 Å². The Bertz CT molecular complexity index is 371. The summed E-state index contributed by atoms with van der Waals surface area (Å²) in [6, 6.07) is 6.81. The van der Waals surface area contributed by atoms with Crippen LogP contribution in [0.3, 0.4) is 0 Å². The van der Waals surface area contributed by atoms with E-state index >= 15 is 0 Å². The topological polar surface area (TPSA) is 23.5 Å². The second kappa shape index (κ2) is 6.97. The highest BCUT2D eigenvalue weighted by atomic mass is 35.5. The van der Waals surface area contributed by atoms with Crippen LogP contribution in [-0.2, 0) is 6.54 Å². The fourth-order valence-corrected chi connectivity index (χ4v) is 1.82. The summed E-state index contributed by atoms with van der Waals surface area (Å²) in [5.74, 6) is 0. The lowest BCUT2D eigenvalue weighted by atomic mass is 10.2. The molecule has 0 spiro atoms. The highest BCUT2D eigenvalue weighted by Crippen LogP contribution is 2.21. The fraction of sp³-hybridized carbons (Fsp3) is 0.500. The fourth-order valence-electron chi connectivity index (χ4n) is 1.63. The number of halogens is 4. The third-order valence-corrected chi connectivity index (χ3v) is 2.76. The average Bonchev–Trinajstić information content (AvgIpc) is 2.27. The molecule has 0 aromatic heterocycles. The van der Waals surface area contributed by atoms with Gasteiger partial charge in [-0.15, -0.1) is 0 Å². The summed E-state index contributed by atoms with van der Waals surface area (Å²) in [7, 11) is 0. The first kappa shape index (κ1) is 15.3. The molecule has 1 aromatic rings. The van der Waals surface area contributed by atoms with Crippen molar-refractivity contribution in [2.75, 3.05) is 19.7 Å². The smallest absolute Gasteiger partial charge is 0.396 e. The van der Waals surface area contributed by atoms with Gasteiger partial charge < -0.3 is 5.11 Å². The molecule has 1 rings (SSSR count). The molecule has 6 heteroatoms. The molecule has 2 nitrogen and oxygen atoms in total. The van der Waals surface area contributed by atoms with Crippen LogP contribution < -0.4 is 0 Å². The first-order valence-electron chi connectivity index (χ1n) is 5.56. The molecule has 1 aromatic carbocycles. The molecule has 18 heavy (non-hydrogen) atoms. The standard InChI is InChI=1S/C12H15ClF3NO/c13-11-5-2-1-4-10(11)8-17(6-3-7-18)9-12(14,15)16/h1-2,4-5,18H,3,6-9H2. The van der Waals surface area contributed by atoms with Crippen LogP contribution in [0.2, 0.25) is 5.02 Å². The number of aliphatic hydroxyl groups excluding tert-OH is 1. The summed E-state index contributed by atoms with van der Waals surface area (Å²) < 4.78 is 37.2. The lowest BCUT2D eigenvalue weighted by Gasteiger charge is -2.23. The van der Waals surface area contributed by atoms with Crippen LogP contribution >= 0.6 is 11.6 Å². The molecule has 102 valence electrons. The van der Waals surface area contributed by atoms with Gasteiger partial charge in [0.05, 0.1) is 6.54 Å². The van der Waals surface area contributed by atoms with E-state index in [1.807, 2.05) is 0 Å². The molecule has 0 unspecified atom stereocenters. The van der Waals surface area contributed by atoms with E-state index in [9.17, 15) is 13.2 Å². The van der Waals surface area contributed by atoms with Gasteiger partial charge in [0, 0.05) is 24.7 Å². The molecule has 0 fully saturated rings. The minimum absolute atomic E-state index is 0.124. The van der Waals surface area contributed by atoms with Crippen molar-refractivity contribution in [2.45, 2.75) is 19.1 Å². The van der Waals surface area contributed by atoms with E-state index in [1.54, 1.807) is 24.3 Å². The summed E-state index contributed by atoms with van der Waals surface area (Å²) in [4.78, 5) is 1.23. The van der Waals surface area contributed by atoms with Crippen molar-refractivity contribution in [1.82, 2.24) is 4.90 Å². The highest BCUT2D eigenvalue weighted by molar-refractivity contribution is 6.31.